The standard InChI is InChI=1S/C17H26FN3/c1-13-6-7-15(19)17(12-13)21-10-8-20(9-11-21)16-5-3-2-4-14(16)18/h2-5,13,15,17H,6-12,19H2,1H3. The maximum atomic E-state index is 13.9. The molecule has 1 saturated carbocycles. The molecule has 2 N–H and O–H groups in total. The van der Waals surface area contributed by atoms with Crippen LogP contribution in [0.15, 0.2) is 24.3 Å². The van der Waals surface area contributed by atoms with Crippen molar-refractivity contribution in [2.45, 2.75) is 38.3 Å². The summed E-state index contributed by atoms with van der Waals surface area (Å²) in [5.41, 5.74) is 7.06. The molecule has 1 saturated heterocycles. The Labute approximate surface area is 126 Å². The highest BCUT2D eigenvalue weighted by molar-refractivity contribution is 5.48. The average Bonchev–Trinajstić information content (AvgIpc) is 2.50. The van der Waals surface area contributed by atoms with Gasteiger partial charge in [0.05, 0.1) is 5.69 Å². The van der Waals surface area contributed by atoms with Crippen LogP contribution in [-0.4, -0.2) is 43.2 Å². The van der Waals surface area contributed by atoms with Gasteiger partial charge in [0.15, 0.2) is 0 Å². The van der Waals surface area contributed by atoms with Crippen molar-refractivity contribution in [1.29, 1.82) is 0 Å². The van der Waals surface area contributed by atoms with E-state index in [1.807, 2.05) is 12.1 Å². The second-order valence-electron chi connectivity index (χ2n) is 6.62. The van der Waals surface area contributed by atoms with Crippen LogP contribution >= 0.6 is 0 Å². The molecule has 3 nitrogen and oxygen atoms in total. The fourth-order valence-electron chi connectivity index (χ4n) is 3.80. The molecule has 21 heavy (non-hydrogen) atoms. The first-order valence-corrected chi connectivity index (χ1v) is 8.14. The monoisotopic (exact) mass is 291 g/mol. The molecule has 0 spiro atoms. The van der Waals surface area contributed by atoms with Gasteiger partial charge in [-0.05, 0) is 37.3 Å². The van der Waals surface area contributed by atoms with Crippen LogP contribution in [0.5, 0.6) is 0 Å². The van der Waals surface area contributed by atoms with Crippen molar-refractivity contribution in [3.8, 4) is 0 Å². The van der Waals surface area contributed by atoms with Gasteiger partial charge in [-0.25, -0.2) is 4.39 Å². The lowest BCUT2D eigenvalue weighted by atomic mass is 9.82. The summed E-state index contributed by atoms with van der Waals surface area (Å²) in [6, 6.07) is 7.89. The Morgan fingerprint density at radius 1 is 1.10 bits per heavy atom. The Hall–Kier alpha value is -1.13. The molecule has 3 unspecified atom stereocenters. The highest BCUT2D eigenvalue weighted by Crippen LogP contribution is 2.28. The molecule has 2 fully saturated rings. The molecule has 1 aromatic carbocycles. The SMILES string of the molecule is CC1CCC(N)C(N2CCN(c3ccccc3F)CC2)C1. The molecule has 0 bridgehead atoms. The molecular weight excluding hydrogens is 265 g/mol. The average molecular weight is 291 g/mol. The van der Waals surface area contributed by atoms with Gasteiger partial charge in [0.2, 0.25) is 0 Å². The number of para-hydroxylation sites is 1. The molecule has 3 atom stereocenters. The van der Waals surface area contributed by atoms with Gasteiger partial charge in [-0.15, -0.1) is 0 Å². The summed E-state index contributed by atoms with van der Waals surface area (Å²) < 4.78 is 13.9. The lowest BCUT2D eigenvalue weighted by Gasteiger charge is -2.45. The molecule has 3 rings (SSSR count). The van der Waals surface area contributed by atoms with Gasteiger partial charge >= 0.3 is 0 Å². The normalized spacial score (nSPS) is 31.4. The lowest BCUT2D eigenvalue weighted by Crippen LogP contribution is -2.57. The van der Waals surface area contributed by atoms with Crippen LogP contribution in [0.1, 0.15) is 26.2 Å². The van der Waals surface area contributed by atoms with E-state index in [0.29, 0.717) is 12.1 Å². The fraction of sp³-hybridized carbons (Fsp3) is 0.647. The molecule has 0 radical (unpaired) electrons. The first kappa shape index (κ1) is 14.8. The van der Waals surface area contributed by atoms with Crippen molar-refractivity contribution in [3.63, 3.8) is 0 Å². The number of nitrogens with zero attached hydrogens (tertiary/aromatic N) is 2. The Morgan fingerprint density at radius 2 is 1.81 bits per heavy atom. The molecule has 116 valence electrons. The smallest absolute Gasteiger partial charge is 0.146 e. The Kier molecular flexibility index (Phi) is 4.45. The van der Waals surface area contributed by atoms with E-state index in [1.54, 1.807) is 12.1 Å². The van der Waals surface area contributed by atoms with Crippen LogP contribution in [0.25, 0.3) is 0 Å². The summed E-state index contributed by atoms with van der Waals surface area (Å²) >= 11 is 0. The third-order valence-electron chi connectivity index (χ3n) is 5.11. The molecule has 1 heterocycles. The van der Waals surface area contributed by atoms with E-state index in [4.69, 9.17) is 5.73 Å². The van der Waals surface area contributed by atoms with Gasteiger partial charge < -0.3 is 10.6 Å². The number of hydrogen-bond donors (Lipinski definition) is 1. The van der Waals surface area contributed by atoms with Crippen molar-refractivity contribution in [3.05, 3.63) is 30.1 Å². The molecule has 0 amide bonds. The van der Waals surface area contributed by atoms with Gasteiger partial charge in [0, 0.05) is 38.3 Å². The summed E-state index contributed by atoms with van der Waals surface area (Å²) in [5.74, 6) is 0.660. The topological polar surface area (TPSA) is 32.5 Å². The highest BCUT2D eigenvalue weighted by Gasteiger charge is 2.32. The van der Waals surface area contributed by atoms with E-state index in [1.165, 1.54) is 12.8 Å². The third kappa shape index (κ3) is 3.22. The number of benzene rings is 1. The zero-order valence-corrected chi connectivity index (χ0v) is 12.8. The van der Waals surface area contributed by atoms with Crippen LogP contribution in [0, 0.1) is 11.7 Å². The van der Waals surface area contributed by atoms with Crippen molar-refractivity contribution >= 4 is 5.69 Å². The predicted molar refractivity (Wildman–Crippen MR) is 85.0 cm³/mol. The van der Waals surface area contributed by atoms with Crippen LogP contribution < -0.4 is 10.6 Å². The first-order valence-electron chi connectivity index (χ1n) is 8.14. The summed E-state index contributed by atoms with van der Waals surface area (Å²) in [6.45, 7) is 6.07. The van der Waals surface area contributed by atoms with Crippen LogP contribution in [0.4, 0.5) is 10.1 Å². The Balaban J connectivity index is 1.61. The van der Waals surface area contributed by atoms with Crippen molar-refractivity contribution < 1.29 is 4.39 Å². The quantitative estimate of drug-likeness (QED) is 0.908. The van der Waals surface area contributed by atoms with Crippen LogP contribution in [-0.2, 0) is 0 Å². The number of hydrogen-bond acceptors (Lipinski definition) is 3. The second-order valence-corrected chi connectivity index (χ2v) is 6.62. The molecule has 1 aliphatic heterocycles. The first-order chi connectivity index (χ1) is 10.1. The number of anilines is 1. The van der Waals surface area contributed by atoms with Gasteiger partial charge in [-0.1, -0.05) is 19.1 Å². The van der Waals surface area contributed by atoms with Gasteiger partial charge in [-0.3, -0.25) is 4.90 Å². The van der Waals surface area contributed by atoms with Crippen molar-refractivity contribution in [2.24, 2.45) is 11.7 Å². The minimum absolute atomic E-state index is 0.117. The van der Waals surface area contributed by atoms with Gasteiger partial charge in [0.1, 0.15) is 5.82 Å². The van der Waals surface area contributed by atoms with E-state index in [9.17, 15) is 4.39 Å². The number of nitrogens with two attached hydrogens (primary N) is 1. The molecule has 2 aliphatic rings. The van der Waals surface area contributed by atoms with Crippen molar-refractivity contribution in [2.75, 3.05) is 31.1 Å². The zero-order chi connectivity index (χ0) is 14.8. The third-order valence-corrected chi connectivity index (χ3v) is 5.11. The van der Waals surface area contributed by atoms with E-state index >= 15 is 0 Å². The molecule has 1 aromatic rings. The zero-order valence-electron chi connectivity index (χ0n) is 12.8. The molecular formula is C17H26FN3. The molecule has 1 aliphatic carbocycles. The predicted octanol–water partition coefficient (Wildman–Crippen LogP) is 2.46. The van der Waals surface area contributed by atoms with E-state index < -0.39 is 0 Å². The van der Waals surface area contributed by atoms with Gasteiger partial charge in [0.25, 0.3) is 0 Å². The Bertz CT molecular complexity index is 471. The summed E-state index contributed by atoms with van der Waals surface area (Å²) in [7, 11) is 0. The molecule has 0 aromatic heterocycles. The van der Waals surface area contributed by atoms with E-state index in [0.717, 1.165) is 44.2 Å². The maximum absolute atomic E-state index is 13.9. The summed E-state index contributed by atoms with van der Waals surface area (Å²) in [6.07, 6.45) is 3.60. The maximum Gasteiger partial charge on any atom is 0.146 e. The largest absolute Gasteiger partial charge is 0.367 e. The second kappa shape index (κ2) is 6.32. The molecule has 4 heteroatoms. The van der Waals surface area contributed by atoms with Crippen molar-refractivity contribution in [1.82, 2.24) is 4.90 Å². The van der Waals surface area contributed by atoms with Crippen LogP contribution in [0.2, 0.25) is 0 Å². The minimum atomic E-state index is -0.117. The number of piperazine rings is 1. The van der Waals surface area contributed by atoms with Crippen LogP contribution in [0.3, 0.4) is 0 Å². The number of rotatable bonds is 2. The summed E-state index contributed by atoms with van der Waals surface area (Å²) in [5, 5.41) is 0. The van der Waals surface area contributed by atoms with Gasteiger partial charge in [-0.2, -0.15) is 0 Å². The summed E-state index contributed by atoms with van der Waals surface area (Å²) in [4.78, 5) is 4.68. The lowest BCUT2D eigenvalue weighted by molar-refractivity contribution is 0.110. The van der Waals surface area contributed by atoms with E-state index in [-0.39, 0.29) is 5.82 Å². The highest BCUT2D eigenvalue weighted by atomic mass is 19.1. The van der Waals surface area contributed by atoms with E-state index in [2.05, 4.69) is 16.7 Å². The number of halogens is 1. The Morgan fingerprint density at radius 3 is 2.52 bits per heavy atom. The fourth-order valence-corrected chi connectivity index (χ4v) is 3.80. The minimum Gasteiger partial charge on any atom is -0.367 e.